The van der Waals surface area contributed by atoms with Gasteiger partial charge >= 0.3 is 0 Å². The lowest BCUT2D eigenvalue weighted by atomic mass is 9.88. The molecule has 96 valence electrons. The maximum atomic E-state index is 5.97. The molecule has 0 radical (unpaired) electrons. The van der Waals surface area contributed by atoms with E-state index in [2.05, 4.69) is 46.1 Å². The molecular weight excluding hydrogens is 296 g/mol. The molecule has 0 aromatic carbocycles. The van der Waals surface area contributed by atoms with Crippen molar-refractivity contribution in [3.05, 3.63) is 20.8 Å². The molecule has 1 saturated heterocycles. The summed E-state index contributed by atoms with van der Waals surface area (Å²) in [4.78, 5) is 3.95. The van der Waals surface area contributed by atoms with Crippen LogP contribution in [-0.4, -0.2) is 24.5 Å². The van der Waals surface area contributed by atoms with Crippen molar-refractivity contribution in [3.63, 3.8) is 0 Å². The second kappa shape index (κ2) is 5.83. The predicted molar refractivity (Wildman–Crippen MR) is 78.3 cm³/mol. The van der Waals surface area contributed by atoms with Crippen LogP contribution in [0.4, 0.5) is 0 Å². The number of nitrogens with zero attached hydrogens (tertiary/aromatic N) is 1. The topological polar surface area (TPSA) is 29.3 Å². The molecule has 1 aromatic rings. The first kappa shape index (κ1) is 13.5. The Balaban J connectivity index is 2.08. The van der Waals surface area contributed by atoms with E-state index >= 15 is 0 Å². The van der Waals surface area contributed by atoms with Gasteiger partial charge in [0.1, 0.15) is 0 Å². The summed E-state index contributed by atoms with van der Waals surface area (Å²) in [5.41, 5.74) is 5.97. The van der Waals surface area contributed by atoms with E-state index in [1.807, 2.05) is 11.3 Å². The molecule has 2 N–H and O–H groups in total. The molecule has 0 saturated carbocycles. The summed E-state index contributed by atoms with van der Waals surface area (Å²) < 4.78 is 1.18. The molecule has 1 fully saturated rings. The highest BCUT2D eigenvalue weighted by molar-refractivity contribution is 9.10. The minimum Gasteiger partial charge on any atom is -0.329 e. The van der Waals surface area contributed by atoms with Crippen molar-refractivity contribution < 1.29 is 0 Å². The molecule has 2 nitrogen and oxygen atoms in total. The molecule has 2 heterocycles. The van der Waals surface area contributed by atoms with Crippen molar-refractivity contribution in [3.8, 4) is 0 Å². The molecule has 1 aliphatic rings. The van der Waals surface area contributed by atoms with Gasteiger partial charge in [-0.15, -0.1) is 11.3 Å². The molecule has 1 aromatic heterocycles. The quantitative estimate of drug-likeness (QED) is 0.925. The van der Waals surface area contributed by atoms with Gasteiger partial charge in [0.05, 0.1) is 6.04 Å². The summed E-state index contributed by atoms with van der Waals surface area (Å²) in [6.07, 6.45) is 1.30. The molecule has 3 atom stereocenters. The SMILES string of the molecule is CC1CCN(C(CN)c2cc(Br)cs2)CC1C. The Morgan fingerprint density at radius 3 is 2.82 bits per heavy atom. The molecule has 4 heteroatoms. The Bertz CT molecular complexity index is 366. The van der Waals surface area contributed by atoms with Gasteiger partial charge in [-0.3, -0.25) is 4.90 Å². The van der Waals surface area contributed by atoms with Gasteiger partial charge in [0.15, 0.2) is 0 Å². The van der Waals surface area contributed by atoms with Gasteiger partial charge in [-0.05, 0) is 46.8 Å². The largest absolute Gasteiger partial charge is 0.329 e. The van der Waals surface area contributed by atoms with Crippen LogP contribution >= 0.6 is 27.3 Å². The standard InChI is InChI=1S/C13H21BrN2S/c1-9-3-4-16(7-10(9)2)12(6-15)13-5-11(14)8-17-13/h5,8-10,12H,3-4,6-7,15H2,1-2H3. The first-order chi connectivity index (χ1) is 8.11. The Morgan fingerprint density at radius 2 is 2.29 bits per heavy atom. The van der Waals surface area contributed by atoms with Crippen LogP contribution in [0.15, 0.2) is 15.9 Å². The van der Waals surface area contributed by atoms with E-state index in [1.54, 1.807) is 0 Å². The van der Waals surface area contributed by atoms with E-state index in [0.29, 0.717) is 12.6 Å². The first-order valence-electron chi connectivity index (χ1n) is 6.30. The van der Waals surface area contributed by atoms with Gasteiger partial charge in [0.2, 0.25) is 0 Å². The summed E-state index contributed by atoms with van der Waals surface area (Å²) in [6.45, 7) is 7.80. The Hall–Kier alpha value is 0.1000. The highest BCUT2D eigenvalue weighted by atomic mass is 79.9. The van der Waals surface area contributed by atoms with Gasteiger partial charge in [0, 0.05) is 27.8 Å². The average molecular weight is 317 g/mol. The fraction of sp³-hybridized carbons (Fsp3) is 0.692. The van der Waals surface area contributed by atoms with Gasteiger partial charge in [-0.1, -0.05) is 13.8 Å². The summed E-state index contributed by atoms with van der Waals surface area (Å²) in [6, 6.07) is 2.62. The number of piperidine rings is 1. The zero-order valence-corrected chi connectivity index (χ0v) is 12.9. The van der Waals surface area contributed by atoms with Crippen LogP contribution in [0.3, 0.4) is 0 Å². The number of rotatable bonds is 3. The van der Waals surface area contributed by atoms with Crippen LogP contribution in [0.25, 0.3) is 0 Å². The van der Waals surface area contributed by atoms with E-state index in [-0.39, 0.29) is 0 Å². The molecule has 17 heavy (non-hydrogen) atoms. The number of hydrogen-bond acceptors (Lipinski definition) is 3. The summed E-state index contributed by atoms with van der Waals surface area (Å²) >= 11 is 5.34. The molecule has 1 aliphatic heterocycles. The van der Waals surface area contributed by atoms with Crippen LogP contribution in [0.2, 0.25) is 0 Å². The second-order valence-electron chi connectivity index (χ2n) is 5.16. The third-order valence-electron chi connectivity index (χ3n) is 3.95. The molecule has 2 rings (SSSR count). The summed E-state index contributed by atoms with van der Waals surface area (Å²) in [5, 5.41) is 2.15. The average Bonchev–Trinajstić information content (AvgIpc) is 2.71. The number of halogens is 1. The van der Waals surface area contributed by atoms with Gasteiger partial charge in [-0.2, -0.15) is 0 Å². The van der Waals surface area contributed by atoms with E-state index in [9.17, 15) is 0 Å². The van der Waals surface area contributed by atoms with Crippen LogP contribution in [0.1, 0.15) is 31.2 Å². The monoisotopic (exact) mass is 316 g/mol. The maximum Gasteiger partial charge on any atom is 0.0564 e. The number of nitrogens with two attached hydrogens (primary N) is 1. The van der Waals surface area contributed by atoms with E-state index in [4.69, 9.17) is 5.73 Å². The predicted octanol–water partition coefficient (Wildman–Crippen LogP) is 3.49. The highest BCUT2D eigenvalue weighted by Gasteiger charge is 2.28. The van der Waals surface area contributed by atoms with Gasteiger partial charge in [0.25, 0.3) is 0 Å². The van der Waals surface area contributed by atoms with Crippen molar-refractivity contribution >= 4 is 27.3 Å². The summed E-state index contributed by atoms with van der Waals surface area (Å²) in [7, 11) is 0. The van der Waals surface area contributed by atoms with E-state index < -0.39 is 0 Å². The van der Waals surface area contributed by atoms with Crippen molar-refractivity contribution in [2.45, 2.75) is 26.3 Å². The smallest absolute Gasteiger partial charge is 0.0564 e. The molecule has 0 amide bonds. The number of likely N-dealkylation sites (tertiary alicyclic amines) is 1. The molecular formula is C13H21BrN2S. The summed E-state index contributed by atoms with van der Waals surface area (Å²) in [5.74, 6) is 1.63. The Kier molecular flexibility index (Phi) is 4.64. The zero-order chi connectivity index (χ0) is 12.4. The zero-order valence-electron chi connectivity index (χ0n) is 10.5. The van der Waals surface area contributed by atoms with Crippen molar-refractivity contribution in [1.82, 2.24) is 4.90 Å². The Labute approximate surface area is 116 Å². The van der Waals surface area contributed by atoms with E-state index in [0.717, 1.165) is 11.8 Å². The third kappa shape index (κ3) is 3.11. The minimum atomic E-state index is 0.404. The lowest BCUT2D eigenvalue weighted by molar-refractivity contribution is 0.0997. The minimum absolute atomic E-state index is 0.404. The van der Waals surface area contributed by atoms with Gasteiger partial charge < -0.3 is 5.73 Å². The lowest BCUT2D eigenvalue weighted by Gasteiger charge is -2.39. The number of thiophene rings is 1. The van der Waals surface area contributed by atoms with Gasteiger partial charge in [-0.25, -0.2) is 0 Å². The molecule has 0 aliphatic carbocycles. The Morgan fingerprint density at radius 1 is 1.53 bits per heavy atom. The molecule has 0 bridgehead atoms. The number of hydrogen-bond donors (Lipinski definition) is 1. The molecule has 3 unspecified atom stereocenters. The lowest BCUT2D eigenvalue weighted by Crippen LogP contribution is -2.42. The van der Waals surface area contributed by atoms with Crippen LogP contribution < -0.4 is 5.73 Å². The van der Waals surface area contributed by atoms with Crippen molar-refractivity contribution in [2.24, 2.45) is 17.6 Å². The van der Waals surface area contributed by atoms with Crippen LogP contribution in [0, 0.1) is 11.8 Å². The van der Waals surface area contributed by atoms with E-state index in [1.165, 1.54) is 28.9 Å². The normalized spacial score (nSPS) is 28.2. The van der Waals surface area contributed by atoms with Crippen molar-refractivity contribution in [2.75, 3.05) is 19.6 Å². The van der Waals surface area contributed by atoms with Crippen LogP contribution in [0.5, 0.6) is 0 Å². The van der Waals surface area contributed by atoms with Crippen molar-refractivity contribution in [1.29, 1.82) is 0 Å². The first-order valence-corrected chi connectivity index (χ1v) is 7.97. The molecule has 0 spiro atoms. The van der Waals surface area contributed by atoms with Crippen LogP contribution in [-0.2, 0) is 0 Å². The highest BCUT2D eigenvalue weighted by Crippen LogP contribution is 2.33. The fourth-order valence-corrected chi connectivity index (χ4v) is 4.12. The fourth-order valence-electron chi connectivity index (χ4n) is 2.53. The third-order valence-corrected chi connectivity index (χ3v) is 5.74. The second-order valence-corrected chi connectivity index (χ2v) is 7.02. The maximum absolute atomic E-state index is 5.97.